The van der Waals surface area contributed by atoms with Gasteiger partial charge in [0.1, 0.15) is 5.58 Å². The maximum atomic E-state index is 5.60. The zero-order valence-corrected chi connectivity index (χ0v) is 8.81. The quantitative estimate of drug-likeness (QED) is 0.710. The molecule has 3 nitrogen and oxygen atoms in total. The van der Waals surface area contributed by atoms with Crippen molar-refractivity contribution in [2.45, 2.75) is 6.42 Å². The normalized spacial score (nSPS) is 11.3. The predicted octanol–water partition coefficient (Wildman–Crippen LogP) is 2.48. The van der Waals surface area contributed by atoms with Crippen molar-refractivity contribution >= 4 is 21.7 Å². The Morgan fingerprint density at radius 3 is 2.88 bits per heavy atom. The lowest BCUT2D eigenvalue weighted by atomic mass is 10.1. The lowest BCUT2D eigenvalue weighted by molar-refractivity contribution is 0.618. The van der Waals surface area contributed by atoms with E-state index in [0.29, 0.717) is 6.54 Å². The zero-order chi connectivity index (χ0) is 11.0. The van der Waals surface area contributed by atoms with E-state index in [1.165, 1.54) is 0 Å². The number of nitrogens with zero attached hydrogens (tertiary/aromatic N) is 1. The summed E-state index contributed by atoms with van der Waals surface area (Å²) in [5.74, 6) is 0. The average molecular weight is 212 g/mol. The van der Waals surface area contributed by atoms with Gasteiger partial charge in [-0.05, 0) is 24.1 Å². The Morgan fingerprint density at radius 1 is 1.12 bits per heavy atom. The second kappa shape index (κ2) is 3.61. The van der Waals surface area contributed by atoms with Crippen LogP contribution in [0.5, 0.6) is 0 Å². The number of benzene rings is 1. The fourth-order valence-corrected chi connectivity index (χ4v) is 2.08. The van der Waals surface area contributed by atoms with Crippen molar-refractivity contribution < 1.29 is 4.42 Å². The molecule has 0 fully saturated rings. The van der Waals surface area contributed by atoms with Gasteiger partial charge in [-0.25, -0.2) is 0 Å². The summed E-state index contributed by atoms with van der Waals surface area (Å²) in [6.45, 7) is 0.600. The third-order valence-corrected chi connectivity index (χ3v) is 2.81. The number of pyridine rings is 1. The number of hydrogen-bond acceptors (Lipinski definition) is 3. The van der Waals surface area contributed by atoms with Crippen molar-refractivity contribution in [1.82, 2.24) is 4.98 Å². The van der Waals surface area contributed by atoms with Crippen molar-refractivity contribution in [1.29, 1.82) is 0 Å². The molecule has 1 aromatic carbocycles. The van der Waals surface area contributed by atoms with Crippen LogP contribution >= 0.6 is 0 Å². The SMILES string of the molecule is NCCc1nccc2ccc3ccoc3c12. The summed E-state index contributed by atoms with van der Waals surface area (Å²) in [7, 11) is 0. The van der Waals surface area contributed by atoms with Crippen molar-refractivity contribution in [2.24, 2.45) is 5.73 Å². The Kier molecular flexibility index (Phi) is 2.11. The minimum absolute atomic E-state index is 0.600. The van der Waals surface area contributed by atoms with Crippen molar-refractivity contribution in [3.8, 4) is 0 Å². The van der Waals surface area contributed by atoms with Gasteiger partial charge in [-0.15, -0.1) is 0 Å². The highest BCUT2D eigenvalue weighted by Crippen LogP contribution is 2.28. The zero-order valence-electron chi connectivity index (χ0n) is 8.81. The molecule has 0 bridgehead atoms. The molecule has 80 valence electrons. The summed E-state index contributed by atoms with van der Waals surface area (Å²) in [4.78, 5) is 4.39. The standard InChI is InChI=1S/C13H12N2O/c14-6-3-11-12-9(4-7-15-11)1-2-10-5-8-16-13(10)12/h1-2,4-5,7-8H,3,6,14H2. The Hall–Kier alpha value is -1.87. The molecule has 0 aliphatic heterocycles. The molecule has 0 amide bonds. The molecule has 0 atom stereocenters. The molecular weight excluding hydrogens is 200 g/mol. The molecule has 3 heteroatoms. The summed E-state index contributed by atoms with van der Waals surface area (Å²) in [6, 6.07) is 8.12. The molecule has 0 saturated carbocycles. The van der Waals surface area contributed by atoms with Crippen LogP contribution in [0, 0.1) is 0 Å². The van der Waals surface area contributed by atoms with E-state index in [0.717, 1.165) is 33.9 Å². The molecule has 3 rings (SSSR count). The van der Waals surface area contributed by atoms with Gasteiger partial charge in [0, 0.05) is 23.4 Å². The third-order valence-electron chi connectivity index (χ3n) is 2.81. The molecular formula is C13H12N2O. The van der Waals surface area contributed by atoms with E-state index in [9.17, 15) is 0 Å². The van der Waals surface area contributed by atoms with Crippen LogP contribution in [0.4, 0.5) is 0 Å². The first-order valence-corrected chi connectivity index (χ1v) is 5.34. The van der Waals surface area contributed by atoms with Crippen LogP contribution in [0.25, 0.3) is 21.7 Å². The van der Waals surface area contributed by atoms with Crippen molar-refractivity contribution in [2.75, 3.05) is 6.54 Å². The number of furan rings is 1. The number of aromatic nitrogens is 1. The molecule has 0 saturated heterocycles. The highest BCUT2D eigenvalue weighted by molar-refractivity contribution is 6.05. The van der Waals surface area contributed by atoms with Gasteiger partial charge in [-0.1, -0.05) is 12.1 Å². The topological polar surface area (TPSA) is 52.0 Å². The Labute approximate surface area is 92.9 Å². The van der Waals surface area contributed by atoms with Gasteiger partial charge in [0.25, 0.3) is 0 Å². The molecule has 2 heterocycles. The Balaban J connectivity index is 2.44. The van der Waals surface area contributed by atoms with Crippen LogP contribution in [-0.4, -0.2) is 11.5 Å². The maximum Gasteiger partial charge on any atom is 0.143 e. The van der Waals surface area contributed by atoms with Crippen LogP contribution in [0.2, 0.25) is 0 Å². The molecule has 0 aliphatic rings. The van der Waals surface area contributed by atoms with E-state index >= 15 is 0 Å². The molecule has 0 unspecified atom stereocenters. The fraction of sp³-hybridized carbons (Fsp3) is 0.154. The largest absolute Gasteiger partial charge is 0.464 e. The predicted molar refractivity (Wildman–Crippen MR) is 64.3 cm³/mol. The minimum Gasteiger partial charge on any atom is -0.464 e. The van der Waals surface area contributed by atoms with Crippen molar-refractivity contribution in [3.05, 3.63) is 42.4 Å². The summed E-state index contributed by atoms with van der Waals surface area (Å²) in [5.41, 5.74) is 7.53. The molecule has 16 heavy (non-hydrogen) atoms. The van der Waals surface area contributed by atoms with Crippen LogP contribution in [0.3, 0.4) is 0 Å². The van der Waals surface area contributed by atoms with Gasteiger partial charge < -0.3 is 10.2 Å². The molecule has 2 aromatic heterocycles. The van der Waals surface area contributed by atoms with E-state index in [1.807, 2.05) is 18.3 Å². The van der Waals surface area contributed by atoms with Gasteiger partial charge in [-0.3, -0.25) is 4.98 Å². The highest BCUT2D eigenvalue weighted by Gasteiger charge is 2.08. The first kappa shape index (κ1) is 9.36. The summed E-state index contributed by atoms with van der Waals surface area (Å²) in [5, 5.41) is 3.36. The molecule has 0 radical (unpaired) electrons. The summed E-state index contributed by atoms with van der Waals surface area (Å²) in [6.07, 6.45) is 4.31. The first-order valence-electron chi connectivity index (χ1n) is 5.34. The van der Waals surface area contributed by atoms with E-state index in [4.69, 9.17) is 10.2 Å². The fourth-order valence-electron chi connectivity index (χ4n) is 2.08. The van der Waals surface area contributed by atoms with E-state index in [1.54, 1.807) is 6.26 Å². The van der Waals surface area contributed by atoms with Crippen molar-refractivity contribution in [3.63, 3.8) is 0 Å². The number of nitrogens with two attached hydrogens (primary N) is 1. The minimum atomic E-state index is 0.600. The maximum absolute atomic E-state index is 5.60. The van der Waals surface area contributed by atoms with Gasteiger partial charge in [0.2, 0.25) is 0 Å². The number of rotatable bonds is 2. The molecule has 3 aromatic rings. The molecule has 0 aliphatic carbocycles. The average Bonchev–Trinajstić information content (AvgIpc) is 2.77. The first-order chi connectivity index (χ1) is 7.90. The summed E-state index contributed by atoms with van der Waals surface area (Å²) >= 11 is 0. The second-order valence-corrected chi connectivity index (χ2v) is 3.80. The van der Waals surface area contributed by atoms with Gasteiger partial charge in [-0.2, -0.15) is 0 Å². The van der Waals surface area contributed by atoms with Crippen LogP contribution < -0.4 is 5.73 Å². The van der Waals surface area contributed by atoms with Gasteiger partial charge >= 0.3 is 0 Å². The van der Waals surface area contributed by atoms with Gasteiger partial charge in [0.15, 0.2) is 0 Å². The van der Waals surface area contributed by atoms with E-state index in [-0.39, 0.29) is 0 Å². The second-order valence-electron chi connectivity index (χ2n) is 3.80. The van der Waals surface area contributed by atoms with Crippen LogP contribution in [-0.2, 0) is 6.42 Å². The van der Waals surface area contributed by atoms with Crippen LogP contribution in [0.15, 0.2) is 41.1 Å². The molecule has 0 spiro atoms. The third kappa shape index (κ3) is 1.29. The van der Waals surface area contributed by atoms with E-state index in [2.05, 4.69) is 17.1 Å². The smallest absolute Gasteiger partial charge is 0.143 e. The Morgan fingerprint density at radius 2 is 2.00 bits per heavy atom. The summed E-state index contributed by atoms with van der Waals surface area (Å²) < 4.78 is 5.54. The van der Waals surface area contributed by atoms with Crippen LogP contribution in [0.1, 0.15) is 5.69 Å². The lowest BCUT2D eigenvalue weighted by Gasteiger charge is -2.04. The van der Waals surface area contributed by atoms with E-state index < -0.39 is 0 Å². The number of fused-ring (bicyclic) bond motifs is 3. The Bertz CT molecular complexity index is 643. The number of hydrogen-bond donors (Lipinski definition) is 1. The lowest BCUT2D eigenvalue weighted by Crippen LogP contribution is -2.04. The highest BCUT2D eigenvalue weighted by atomic mass is 16.3. The molecule has 2 N–H and O–H groups in total. The monoisotopic (exact) mass is 212 g/mol. The van der Waals surface area contributed by atoms with Gasteiger partial charge in [0.05, 0.1) is 12.0 Å².